The zero-order valence-corrected chi connectivity index (χ0v) is 18.5. The summed E-state index contributed by atoms with van der Waals surface area (Å²) < 4.78 is 6.01. The maximum Gasteiger partial charge on any atom is 0.258 e. The van der Waals surface area contributed by atoms with Crippen LogP contribution in [0.1, 0.15) is 22.7 Å². The van der Waals surface area contributed by atoms with Crippen LogP contribution in [0.4, 0.5) is 5.82 Å². The Kier molecular flexibility index (Phi) is 5.17. The Hall–Kier alpha value is -3.96. The molecule has 7 nitrogen and oxygen atoms in total. The van der Waals surface area contributed by atoms with Gasteiger partial charge in [-0.1, -0.05) is 33.1 Å². The normalized spacial score (nSPS) is 10.8. The minimum atomic E-state index is -0.224. The Labute approximate surface area is 191 Å². The zero-order chi connectivity index (χ0) is 22.1. The highest BCUT2D eigenvalue weighted by atomic mass is 79.9. The number of hydrogen-bond donors (Lipinski definition) is 2. The molecule has 0 spiro atoms. The molecule has 2 N–H and O–H groups in total. The van der Waals surface area contributed by atoms with E-state index in [2.05, 4.69) is 48.2 Å². The lowest BCUT2D eigenvalue weighted by molar-refractivity contribution is 0.391. The highest BCUT2D eigenvalue weighted by Crippen LogP contribution is 2.31. The molecule has 32 heavy (non-hydrogen) atoms. The number of hydrogen-bond acceptors (Lipinski definition) is 6. The van der Waals surface area contributed by atoms with Crippen LogP contribution in [0.2, 0.25) is 0 Å². The maximum absolute atomic E-state index is 12.8. The molecule has 4 aromatic heterocycles. The Balaban J connectivity index is 1.70. The van der Waals surface area contributed by atoms with Gasteiger partial charge in [0, 0.05) is 33.7 Å². The minimum absolute atomic E-state index is 0.224. The third-order valence-electron chi connectivity index (χ3n) is 4.90. The predicted octanol–water partition coefficient (Wildman–Crippen LogP) is 4.54. The number of aromatic amines is 1. The van der Waals surface area contributed by atoms with E-state index in [0.717, 1.165) is 26.7 Å². The molecule has 0 amide bonds. The van der Waals surface area contributed by atoms with Crippen molar-refractivity contribution < 1.29 is 4.52 Å². The molecule has 4 heterocycles. The number of aromatic nitrogens is 4. The average Bonchev–Trinajstić information content (AvgIpc) is 3.22. The van der Waals surface area contributed by atoms with Crippen molar-refractivity contribution in [1.82, 2.24) is 20.1 Å². The van der Waals surface area contributed by atoms with Crippen LogP contribution in [0.3, 0.4) is 0 Å². The maximum atomic E-state index is 12.8. The van der Waals surface area contributed by atoms with E-state index in [4.69, 9.17) is 9.51 Å². The van der Waals surface area contributed by atoms with Crippen molar-refractivity contribution in [3.8, 4) is 11.8 Å². The van der Waals surface area contributed by atoms with Crippen molar-refractivity contribution in [3.63, 3.8) is 0 Å². The van der Waals surface area contributed by atoms with E-state index >= 15 is 0 Å². The Morgan fingerprint density at radius 1 is 1.16 bits per heavy atom. The first-order valence-corrected chi connectivity index (χ1v) is 10.6. The number of H-pyrrole nitrogens is 1. The average molecular weight is 486 g/mol. The van der Waals surface area contributed by atoms with Gasteiger partial charge in [-0.15, -0.1) is 0 Å². The number of pyridine rings is 3. The van der Waals surface area contributed by atoms with Gasteiger partial charge in [0.2, 0.25) is 0 Å². The van der Waals surface area contributed by atoms with E-state index < -0.39 is 0 Å². The number of halogens is 1. The zero-order valence-electron chi connectivity index (χ0n) is 16.9. The fraction of sp³-hybridized carbons (Fsp3) is 0.0833. The summed E-state index contributed by atoms with van der Waals surface area (Å²) in [5.41, 5.74) is 2.29. The molecular formula is C24H16BrN5O2. The fourth-order valence-electron chi connectivity index (χ4n) is 3.46. The van der Waals surface area contributed by atoms with Gasteiger partial charge in [0.25, 0.3) is 5.56 Å². The highest BCUT2D eigenvalue weighted by molar-refractivity contribution is 9.10. The smallest absolute Gasteiger partial charge is 0.258 e. The van der Waals surface area contributed by atoms with Crippen LogP contribution in [0.25, 0.3) is 21.7 Å². The SMILES string of the molecule is Cc1cc(CNc2nc3c(C#Cc4ccccn4)c[nH]c(=O)c3c3cc(Br)ccc23)no1. The fourth-order valence-corrected chi connectivity index (χ4v) is 3.82. The van der Waals surface area contributed by atoms with Gasteiger partial charge in [-0.3, -0.25) is 4.79 Å². The van der Waals surface area contributed by atoms with E-state index in [1.807, 2.05) is 49.4 Å². The van der Waals surface area contributed by atoms with Crippen molar-refractivity contribution in [3.05, 3.63) is 92.4 Å². The molecule has 1 aromatic carbocycles. The lowest BCUT2D eigenvalue weighted by Gasteiger charge is -2.12. The molecule has 5 rings (SSSR count). The van der Waals surface area contributed by atoms with Crippen LogP contribution < -0.4 is 10.9 Å². The van der Waals surface area contributed by atoms with E-state index in [-0.39, 0.29) is 5.56 Å². The molecule has 0 bridgehead atoms. The summed E-state index contributed by atoms with van der Waals surface area (Å²) >= 11 is 3.51. The number of nitrogens with zero attached hydrogens (tertiary/aromatic N) is 3. The van der Waals surface area contributed by atoms with Crippen LogP contribution in [-0.2, 0) is 6.54 Å². The molecule has 0 aliphatic carbocycles. The highest BCUT2D eigenvalue weighted by Gasteiger charge is 2.15. The van der Waals surface area contributed by atoms with E-state index in [9.17, 15) is 4.79 Å². The molecule has 0 atom stereocenters. The lowest BCUT2D eigenvalue weighted by atomic mass is 10.0. The molecule has 8 heteroatoms. The standard InChI is InChI=1S/C24H16BrN5O2/c1-14-10-18(30-32-14)13-27-23-19-8-6-16(25)11-20(19)21-22(29-23)15(12-28-24(21)31)5-7-17-4-2-3-9-26-17/h2-4,6,8-12H,13H2,1H3,(H,27,29)(H,28,31). The van der Waals surface area contributed by atoms with Gasteiger partial charge in [0.1, 0.15) is 23.0 Å². The van der Waals surface area contributed by atoms with E-state index in [1.54, 1.807) is 12.4 Å². The van der Waals surface area contributed by atoms with Gasteiger partial charge in [0.15, 0.2) is 0 Å². The first kappa shape index (κ1) is 20.0. The number of aryl methyl sites for hydroxylation is 1. The van der Waals surface area contributed by atoms with Crippen LogP contribution >= 0.6 is 15.9 Å². The van der Waals surface area contributed by atoms with Gasteiger partial charge >= 0.3 is 0 Å². The first-order valence-electron chi connectivity index (χ1n) is 9.82. The number of anilines is 1. The molecule has 156 valence electrons. The van der Waals surface area contributed by atoms with Crippen LogP contribution in [-0.4, -0.2) is 20.1 Å². The molecule has 0 unspecified atom stereocenters. The minimum Gasteiger partial charge on any atom is -0.364 e. The molecule has 0 saturated carbocycles. The molecular weight excluding hydrogens is 470 g/mol. The van der Waals surface area contributed by atoms with Gasteiger partial charge in [-0.25, -0.2) is 9.97 Å². The largest absolute Gasteiger partial charge is 0.364 e. The summed E-state index contributed by atoms with van der Waals surface area (Å²) in [7, 11) is 0. The van der Waals surface area contributed by atoms with Crippen molar-refractivity contribution in [2.45, 2.75) is 13.5 Å². The number of benzene rings is 1. The van der Waals surface area contributed by atoms with Crippen LogP contribution in [0, 0.1) is 18.8 Å². The molecule has 0 saturated heterocycles. The summed E-state index contributed by atoms with van der Waals surface area (Å²) in [5.74, 6) is 7.51. The predicted molar refractivity (Wildman–Crippen MR) is 126 cm³/mol. The molecule has 0 fully saturated rings. The Morgan fingerprint density at radius 3 is 2.84 bits per heavy atom. The topological polar surface area (TPSA) is 96.7 Å². The third kappa shape index (κ3) is 3.86. The van der Waals surface area contributed by atoms with Crippen molar-refractivity contribution in [2.24, 2.45) is 0 Å². The Morgan fingerprint density at radius 2 is 2.06 bits per heavy atom. The van der Waals surface area contributed by atoms with Gasteiger partial charge < -0.3 is 14.8 Å². The quantitative estimate of drug-likeness (QED) is 0.287. The van der Waals surface area contributed by atoms with Gasteiger partial charge in [0.05, 0.1) is 23.0 Å². The second-order valence-corrected chi connectivity index (χ2v) is 8.07. The van der Waals surface area contributed by atoms with Crippen LogP contribution in [0.15, 0.2) is 68.6 Å². The van der Waals surface area contributed by atoms with Crippen molar-refractivity contribution in [1.29, 1.82) is 0 Å². The summed E-state index contributed by atoms with van der Waals surface area (Å²) in [6.45, 7) is 2.27. The second kappa shape index (κ2) is 8.29. The molecule has 0 radical (unpaired) electrons. The molecule has 5 aromatic rings. The van der Waals surface area contributed by atoms with Gasteiger partial charge in [-0.2, -0.15) is 0 Å². The van der Waals surface area contributed by atoms with Crippen LogP contribution in [0.5, 0.6) is 0 Å². The summed E-state index contributed by atoms with van der Waals surface area (Å²) in [5, 5.41) is 9.43. The number of nitrogens with one attached hydrogen (secondary N) is 2. The van der Waals surface area contributed by atoms with Crippen molar-refractivity contribution >= 4 is 43.4 Å². The summed E-state index contributed by atoms with van der Waals surface area (Å²) in [6.07, 6.45) is 3.27. The van der Waals surface area contributed by atoms with Crippen molar-refractivity contribution in [2.75, 3.05) is 5.32 Å². The lowest BCUT2D eigenvalue weighted by Crippen LogP contribution is -2.10. The molecule has 0 aliphatic rings. The molecule has 0 aliphatic heterocycles. The summed E-state index contributed by atoms with van der Waals surface area (Å²) in [4.78, 5) is 24.6. The number of rotatable bonds is 3. The first-order chi connectivity index (χ1) is 15.6. The number of fused-ring (bicyclic) bond motifs is 3. The van der Waals surface area contributed by atoms with E-state index in [1.165, 1.54) is 0 Å². The summed E-state index contributed by atoms with van der Waals surface area (Å²) in [6, 6.07) is 13.2. The third-order valence-corrected chi connectivity index (χ3v) is 5.39. The monoisotopic (exact) mass is 485 g/mol. The Bertz CT molecular complexity index is 1580. The van der Waals surface area contributed by atoms with E-state index in [0.29, 0.717) is 34.5 Å². The van der Waals surface area contributed by atoms with Gasteiger partial charge in [-0.05, 0) is 43.2 Å². The second-order valence-electron chi connectivity index (χ2n) is 7.15.